The van der Waals surface area contributed by atoms with Gasteiger partial charge in [0.2, 0.25) is 15.9 Å². The minimum atomic E-state index is -3.81. The highest BCUT2D eigenvalue weighted by Gasteiger charge is 2.19. The number of amides is 1. The number of piperidine rings is 1. The summed E-state index contributed by atoms with van der Waals surface area (Å²) in [5, 5.41) is 7.97. The van der Waals surface area contributed by atoms with Crippen molar-refractivity contribution in [1.82, 2.24) is 4.90 Å². The van der Waals surface area contributed by atoms with Crippen molar-refractivity contribution in [2.45, 2.75) is 37.6 Å². The van der Waals surface area contributed by atoms with E-state index in [9.17, 15) is 13.2 Å². The van der Waals surface area contributed by atoms with E-state index in [4.69, 9.17) is 10.9 Å². The summed E-state index contributed by atoms with van der Waals surface area (Å²) in [5.74, 6) is -0.172. The summed E-state index contributed by atoms with van der Waals surface area (Å²) in [5.41, 5.74) is 7.91. The van der Waals surface area contributed by atoms with Gasteiger partial charge in [0.25, 0.3) is 0 Å². The Labute approximate surface area is 149 Å². The van der Waals surface area contributed by atoms with Crippen molar-refractivity contribution in [3.05, 3.63) is 23.3 Å². The maximum absolute atomic E-state index is 12.2. The fourth-order valence-electron chi connectivity index (χ4n) is 2.62. The van der Waals surface area contributed by atoms with Crippen molar-refractivity contribution < 1.29 is 13.2 Å². The molecule has 0 atom stereocenters. The first kappa shape index (κ1) is 20.9. The van der Waals surface area contributed by atoms with Crippen LogP contribution in [-0.2, 0) is 14.8 Å². The number of rotatable bonds is 4. The summed E-state index contributed by atoms with van der Waals surface area (Å²) in [6.07, 6.45) is 1.76. The monoisotopic (exact) mass is 376 g/mol. The molecular weight excluding hydrogens is 352 g/mol. The van der Waals surface area contributed by atoms with Crippen LogP contribution in [0.1, 0.15) is 24.0 Å². The molecule has 24 heavy (non-hydrogen) atoms. The lowest BCUT2D eigenvalue weighted by atomic mass is 10.1. The van der Waals surface area contributed by atoms with Gasteiger partial charge < -0.3 is 11.1 Å². The predicted octanol–water partition coefficient (Wildman–Crippen LogP) is 0.734. The normalized spacial score (nSPS) is 16.5. The number of carbonyl (C=O) groups excluding carboxylic acids is 1. The van der Waals surface area contributed by atoms with Crippen LogP contribution in [0.25, 0.3) is 0 Å². The van der Waals surface area contributed by atoms with Crippen LogP contribution in [-0.4, -0.2) is 44.9 Å². The highest BCUT2D eigenvalue weighted by Crippen LogP contribution is 2.23. The average Bonchev–Trinajstić information content (AvgIpc) is 2.45. The van der Waals surface area contributed by atoms with Gasteiger partial charge in [-0.05, 0) is 49.9 Å². The van der Waals surface area contributed by atoms with Crippen LogP contribution >= 0.6 is 12.4 Å². The fourth-order valence-corrected chi connectivity index (χ4v) is 3.25. The molecule has 9 heteroatoms. The zero-order valence-electron chi connectivity index (χ0n) is 13.9. The molecule has 0 saturated carbocycles. The SMILES string of the molecule is Cc1cc(S(N)(=O)=O)cc(NC(=O)CN2CCC(N)CC2)c1C.Cl. The third-order valence-corrected chi connectivity index (χ3v) is 5.14. The number of halogens is 1. The van der Waals surface area contributed by atoms with Gasteiger partial charge in [-0.1, -0.05) is 0 Å². The van der Waals surface area contributed by atoms with Gasteiger partial charge in [-0.15, -0.1) is 12.4 Å². The van der Waals surface area contributed by atoms with Gasteiger partial charge in [0.05, 0.1) is 11.4 Å². The number of benzene rings is 1. The van der Waals surface area contributed by atoms with E-state index in [1.807, 2.05) is 11.8 Å². The van der Waals surface area contributed by atoms with Gasteiger partial charge in [-0.3, -0.25) is 9.69 Å². The Morgan fingerprint density at radius 1 is 1.29 bits per heavy atom. The quantitative estimate of drug-likeness (QED) is 0.715. The summed E-state index contributed by atoms with van der Waals surface area (Å²) in [7, 11) is -3.81. The Morgan fingerprint density at radius 2 is 1.88 bits per heavy atom. The van der Waals surface area contributed by atoms with Crippen LogP contribution in [0.2, 0.25) is 0 Å². The molecule has 2 rings (SSSR count). The molecule has 1 heterocycles. The lowest BCUT2D eigenvalue weighted by molar-refractivity contribution is -0.117. The highest BCUT2D eigenvalue weighted by atomic mass is 35.5. The summed E-state index contributed by atoms with van der Waals surface area (Å²) in [6, 6.07) is 3.12. The van der Waals surface area contributed by atoms with E-state index in [0.29, 0.717) is 5.69 Å². The van der Waals surface area contributed by atoms with Crippen LogP contribution in [0.5, 0.6) is 0 Å². The van der Waals surface area contributed by atoms with Crippen LogP contribution in [0.4, 0.5) is 5.69 Å². The number of sulfonamides is 1. The van der Waals surface area contributed by atoms with E-state index >= 15 is 0 Å². The lowest BCUT2D eigenvalue weighted by Gasteiger charge is -2.29. The molecule has 1 aromatic carbocycles. The van der Waals surface area contributed by atoms with E-state index in [1.165, 1.54) is 12.1 Å². The van der Waals surface area contributed by atoms with Crippen molar-refractivity contribution in [3.8, 4) is 0 Å². The fraction of sp³-hybridized carbons (Fsp3) is 0.533. The molecule has 1 aliphatic rings. The lowest BCUT2D eigenvalue weighted by Crippen LogP contribution is -2.43. The Hall–Kier alpha value is -1.19. The van der Waals surface area contributed by atoms with Crippen molar-refractivity contribution in [3.63, 3.8) is 0 Å². The largest absolute Gasteiger partial charge is 0.328 e. The smallest absolute Gasteiger partial charge is 0.238 e. The molecule has 0 aromatic heterocycles. The summed E-state index contributed by atoms with van der Waals surface area (Å²) in [6.45, 7) is 5.47. The number of anilines is 1. The molecule has 1 fully saturated rings. The van der Waals surface area contributed by atoms with Gasteiger partial charge in [-0.25, -0.2) is 13.6 Å². The number of hydrogen-bond acceptors (Lipinski definition) is 5. The van der Waals surface area contributed by atoms with Crippen molar-refractivity contribution in [2.75, 3.05) is 25.0 Å². The number of carbonyl (C=O) groups is 1. The minimum Gasteiger partial charge on any atom is -0.328 e. The second-order valence-electron chi connectivity index (χ2n) is 6.12. The second kappa shape index (κ2) is 8.26. The highest BCUT2D eigenvalue weighted by molar-refractivity contribution is 7.89. The summed E-state index contributed by atoms with van der Waals surface area (Å²) in [4.78, 5) is 14.3. The van der Waals surface area contributed by atoms with Crippen molar-refractivity contribution in [1.29, 1.82) is 0 Å². The first-order valence-electron chi connectivity index (χ1n) is 7.58. The predicted molar refractivity (Wildman–Crippen MR) is 96.8 cm³/mol. The maximum Gasteiger partial charge on any atom is 0.238 e. The molecule has 136 valence electrons. The van der Waals surface area contributed by atoms with E-state index in [2.05, 4.69) is 5.32 Å². The number of hydrogen-bond donors (Lipinski definition) is 3. The molecule has 1 aromatic rings. The Balaban J connectivity index is 0.00000288. The van der Waals surface area contributed by atoms with E-state index in [-0.39, 0.29) is 35.8 Å². The number of primary sulfonamides is 1. The Bertz CT molecular complexity index is 701. The number of likely N-dealkylation sites (tertiary alicyclic amines) is 1. The maximum atomic E-state index is 12.2. The van der Waals surface area contributed by atoms with Crippen LogP contribution in [0.3, 0.4) is 0 Å². The molecule has 1 saturated heterocycles. The van der Waals surface area contributed by atoms with Crippen LogP contribution in [0.15, 0.2) is 17.0 Å². The molecule has 0 unspecified atom stereocenters. The van der Waals surface area contributed by atoms with Crippen LogP contribution in [0, 0.1) is 13.8 Å². The first-order chi connectivity index (χ1) is 10.7. The first-order valence-corrected chi connectivity index (χ1v) is 9.13. The molecular formula is C15H25ClN4O3S. The molecule has 0 radical (unpaired) electrons. The number of nitrogens with two attached hydrogens (primary N) is 2. The van der Waals surface area contributed by atoms with Gasteiger partial charge in [0.15, 0.2) is 0 Å². The molecule has 0 spiro atoms. The molecule has 5 N–H and O–H groups in total. The third kappa shape index (κ3) is 5.42. The van der Waals surface area contributed by atoms with E-state index in [1.54, 1.807) is 6.92 Å². The van der Waals surface area contributed by atoms with Gasteiger partial charge in [0.1, 0.15) is 0 Å². The molecule has 1 amide bonds. The van der Waals surface area contributed by atoms with Crippen molar-refractivity contribution >= 4 is 34.0 Å². The van der Waals surface area contributed by atoms with E-state index in [0.717, 1.165) is 37.1 Å². The van der Waals surface area contributed by atoms with Gasteiger partial charge >= 0.3 is 0 Å². The molecule has 1 aliphatic heterocycles. The Morgan fingerprint density at radius 3 is 2.42 bits per heavy atom. The number of nitrogens with one attached hydrogen (secondary N) is 1. The number of aryl methyl sites for hydroxylation is 1. The zero-order valence-corrected chi connectivity index (χ0v) is 15.5. The van der Waals surface area contributed by atoms with Crippen LogP contribution < -0.4 is 16.2 Å². The topological polar surface area (TPSA) is 119 Å². The molecule has 0 aliphatic carbocycles. The average molecular weight is 377 g/mol. The number of nitrogens with zero attached hydrogens (tertiary/aromatic N) is 1. The van der Waals surface area contributed by atoms with Gasteiger partial charge in [0, 0.05) is 24.8 Å². The standard InChI is InChI=1S/C15H24N4O3S.ClH/c1-10-7-13(23(17,21)22)8-14(11(10)2)18-15(20)9-19-5-3-12(16)4-6-19;/h7-8,12H,3-6,9,16H2,1-2H3,(H,18,20)(H2,17,21,22);1H. The summed E-state index contributed by atoms with van der Waals surface area (Å²) >= 11 is 0. The minimum absolute atomic E-state index is 0. The van der Waals surface area contributed by atoms with E-state index < -0.39 is 10.0 Å². The molecule has 0 bridgehead atoms. The second-order valence-corrected chi connectivity index (χ2v) is 7.68. The van der Waals surface area contributed by atoms with Crippen molar-refractivity contribution in [2.24, 2.45) is 10.9 Å². The third-order valence-electron chi connectivity index (χ3n) is 4.24. The summed E-state index contributed by atoms with van der Waals surface area (Å²) < 4.78 is 23.1. The van der Waals surface area contributed by atoms with Gasteiger partial charge in [-0.2, -0.15) is 0 Å². The Kier molecular flexibility index (Phi) is 7.18. The molecule has 7 nitrogen and oxygen atoms in total. The zero-order chi connectivity index (χ0) is 17.2.